The quantitative estimate of drug-likeness (QED) is 0.408. The van der Waals surface area contributed by atoms with E-state index in [0.717, 1.165) is 11.3 Å². The third kappa shape index (κ3) is 4.97. The first kappa shape index (κ1) is 21.8. The first-order valence-electron chi connectivity index (χ1n) is 9.45. The van der Waals surface area contributed by atoms with Gasteiger partial charge in [-0.1, -0.05) is 18.2 Å². The summed E-state index contributed by atoms with van der Waals surface area (Å²) in [5.41, 5.74) is 1.23. The first-order chi connectivity index (χ1) is 14.8. The van der Waals surface area contributed by atoms with Crippen molar-refractivity contribution in [2.75, 3.05) is 30.5 Å². The zero-order chi connectivity index (χ0) is 22.5. The van der Waals surface area contributed by atoms with Gasteiger partial charge in [0, 0.05) is 30.8 Å². The lowest BCUT2D eigenvalue weighted by atomic mass is 10.1. The molecule has 1 heterocycles. The van der Waals surface area contributed by atoms with Gasteiger partial charge in [0.25, 0.3) is 11.6 Å². The van der Waals surface area contributed by atoms with E-state index in [4.69, 9.17) is 9.47 Å². The van der Waals surface area contributed by atoms with E-state index < -0.39 is 29.3 Å². The van der Waals surface area contributed by atoms with Crippen molar-refractivity contribution in [3.05, 3.63) is 58.1 Å². The molecule has 1 aliphatic heterocycles. The SMILES string of the molecule is COc1ccc([N+](=O)[O-])c(NC(=O)COC(=O)[C@H]2CC(=O)N(c3ccccc3C)C2)c1. The Morgan fingerprint density at radius 2 is 2.00 bits per heavy atom. The van der Waals surface area contributed by atoms with E-state index in [1.54, 1.807) is 6.07 Å². The Bertz CT molecular complexity index is 1040. The molecule has 2 aromatic carbocycles. The Kier molecular flexibility index (Phi) is 6.49. The summed E-state index contributed by atoms with van der Waals surface area (Å²) >= 11 is 0. The molecule has 2 aromatic rings. The number of nitro groups is 1. The molecule has 31 heavy (non-hydrogen) atoms. The van der Waals surface area contributed by atoms with Crippen LogP contribution in [0.3, 0.4) is 0 Å². The number of benzene rings is 2. The fourth-order valence-electron chi connectivity index (χ4n) is 3.31. The summed E-state index contributed by atoms with van der Waals surface area (Å²) in [5, 5.41) is 13.5. The number of rotatable bonds is 7. The number of hydrogen-bond donors (Lipinski definition) is 1. The summed E-state index contributed by atoms with van der Waals surface area (Å²) in [6, 6.07) is 11.2. The van der Waals surface area contributed by atoms with Gasteiger partial charge in [-0.3, -0.25) is 24.5 Å². The van der Waals surface area contributed by atoms with Gasteiger partial charge in [0.15, 0.2) is 6.61 Å². The topological polar surface area (TPSA) is 128 Å². The number of anilines is 2. The Balaban J connectivity index is 1.59. The van der Waals surface area contributed by atoms with E-state index in [-0.39, 0.29) is 30.2 Å². The molecule has 3 rings (SSSR count). The lowest BCUT2D eigenvalue weighted by molar-refractivity contribution is -0.383. The van der Waals surface area contributed by atoms with E-state index in [1.807, 2.05) is 25.1 Å². The number of nitrogens with zero attached hydrogens (tertiary/aromatic N) is 2. The highest BCUT2D eigenvalue weighted by Crippen LogP contribution is 2.30. The molecule has 0 aliphatic carbocycles. The van der Waals surface area contributed by atoms with Crippen molar-refractivity contribution in [1.29, 1.82) is 0 Å². The van der Waals surface area contributed by atoms with E-state index in [0.29, 0.717) is 5.75 Å². The Morgan fingerprint density at radius 3 is 2.68 bits per heavy atom. The molecule has 0 radical (unpaired) electrons. The van der Waals surface area contributed by atoms with Crippen LogP contribution in [0, 0.1) is 23.0 Å². The third-order valence-electron chi connectivity index (χ3n) is 4.88. The molecule has 1 saturated heterocycles. The minimum absolute atomic E-state index is 0.0177. The maximum Gasteiger partial charge on any atom is 0.311 e. The van der Waals surface area contributed by atoms with Crippen molar-refractivity contribution in [3.63, 3.8) is 0 Å². The van der Waals surface area contributed by atoms with Crippen LogP contribution in [-0.2, 0) is 19.1 Å². The molecule has 0 saturated carbocycles. The average molecular weight is 427 g/mol. The summed E-state index contributed by atoms with van der Waals surface area (Å²) in [6.07, 6.45) is -0.0177. The Hall–Kier alpha value is -3.95. The summed E-state index contributed by atoms with van der Waals surface area (Å²) in [4.78, 5) is 48.9. The number of ether oxygens (including phenoxy) is 2. The van der Waals surface area contributed by atoms with Gasteiger partial charge in [0.05, 0.1) is 18.0 Å². The minimum Gasteiger partial charge on any atom is -0.497 e. The molecule has 0 spiro atoms. The third-order valence-corrected chi connectivity index (χ3v) is 4.88. The highest BCUT2D eigenvalue weighted by molar-refractivity contribution is 6.00. The van der Waals surface area contributed by atoms with Crippen LogP contribution in [-0.4, -0.2) is 43.0 Å². The Labute approximate surface area is 177 Å². The maximum absolute atomic E-state index is 12.4. The molecule has 0 bridgehead atoms. The number of aryl methyl sites for hydroxylation is 1. The normalized spacial score (nSPS) is 15.5. The van der Waals surface area contributed by atoms with Crippen molar-refractivity contribution in [1.82, 2.24) is 0 Å². The Morgan fingerprint density at radius 1 is 1.26 bits per heavy atom. The number of para-hydroxylation sites is 1. The largest absolute Gasteiger partial charge is 0.497 e. The van der Waals surface area contributed by atoms with Crippen molar-refractivity contribution >= 4 is 34.8 Å². The number of methoxy groups -OCH3 is 1. The summed E-state index contributed by atoms with van der Waals surface area (Å²) < 4.78 is 10.1. The lowest BCUT2D eigenvalue weighted by Gasteiger charge is -2.18. The number of hydrogen-bond acceptors (Lipinski definition) is 7. The highest BCUT2D eigenvalue weighted by Gasteiger charge is 2.36. The molecular formula is C21H21N3O7. The molecule has 1 aliphatic rings. The second kappa shape index (κ2) is 9.24. The smallest absolute Gasteiger partial charge is 0.311 e. The second-order valence-electron chi connectivity index (χ2n) is 6.99. The molecule has 10 nitrogen and oxygen atoms in total. The molecule has 0 aromatic heterocycles. The number of amides is 2. The molecule has 1 atom stereocenters. The monoisotopic (exact) mass is 427 g/mol. The first-order valence-corrected chi connectivity index (χ1v) is 9.45. The molecule has 2 amide bonds. The van der Waals surface area contributed by atoms with Crippen LogP contribution in [0.25, 0.3) is 0 Å². The van der Waals surface area contributed by atoms with Crippen molar-refractivity contribution in [3.8, 4) is 5.75 Å². The van der Waals surface area contributed by atoms with Crippen LogP contribution in [0.4, 0.5) is 17.1 Å². The van der Waals surface area contributed by atoms with Crippen molar-refractivity contribution < 1.29 is 28.8 Å². The van der Waals surface area contributed by atoms with Gasteiger partial charge in [-0.15, -0.1) is 0 Å². The fraction of sp³-hybridized carbons (Fsp3) is 0.286. The van der Waals surface area contributed by atoms with Gasteiger partial charge < -0.3 is 19.7 Å². The highest BCUT2D eigenvalue weighted by atomic mass is 16.6. The van der Waals surface area contributed by atoms with Gasteiger partial charge in [-0.05, 0) is 24.6 Å². The number of esters is 1. The van der Waals surface area contributed by atoms with Gasteiger partial charge >= 0.3 is 5.97 Å². The maximum atomic E-state index is 12.4. The number of nitro benzene ring substituents is 1. The van der Waals surface area contributed by atoms with Crippen molar-refractivity contribution in [2.24, 2.45) is 5.92 Å². The van der Waals surface area contributed by atoms with E-state index >= 15 is 0 Å². The summed E-state index contributed by atoms with van der Waals surface area (Å²) in [5.74, 6) is -2.01. The molecule has 1 fully saturated rings. The van der Waals surface area contributed by atoms with Crippen LogP contribution in [0.1, 0.15) is 12.0 Å². The average Bonchev–Trinajstić information content (AvgIpc) is 3.13. The predicted octanol–water partition coefficient (Wildman–Crippen LogP) is 2.45. The predicted molar refractivity (Wildman–Crippen MR) is 111 cm³/mol. The van der Waals surface area contributed by atoms with Crippen molar-refractivity contribution in [2.45, 2.75) is 13.3 Å². The standard InChI is InChI=1S/C21H21N3O7/c1-13-5-3-4-6-17(13)23-11-14(9-20(23)26)21(27)31-12-19(25)22-16-10-15(30-2)7-8-18(16)24(28)29/h3-8,10,14H,9,11-12H2,1-2H3,(H,22,25)/t14-/m0/s1. The van der Waals surface area contributed by atoms with Crippen LogP contribution in [0.2, 0.25) is 0 Å². The lowest BCUT2D eigenvalue weighted by Crippen LogP contribution is -2.28. The minimum atomic E-state index is -0.746. The van der Waals surface area contributed by atoms with Gasteiger partial charge in [0.2, 0.25) is 5.91 Å². The van der Waals surface area contributed by atoms with Gasteiger partial charge in [-0.2, -0.15) is 0 Å². The summed E-state index contributed by atoms with van der Waals surface area (Å²) in [6.45, 7) is 1.39. The van der Waals surface area contributed by atoms with E-state index in [2.05, 4.69) is 5.32 Å². The molecule has 1 N–H and O–H groups in total. The zero-order valence-corrected chi connectivity index (χ0v) is 17.0. The zero-order valence-electron chi connectivity index (χ0n) is 17.0. The van der Waals surface area contributed by atoms with Crippen LogP contribution in [0.15, 0.2) is 42.5 Å². The fourth-order valence-corrected chi connectivity index (χ4v) is 3.31. The second-order valence-corrected chi connectivity index (χ2v) is 6.99. The molecule has 10 heteroatoms. The van der Waals surface area contributed by atoms with Crippen LogP contribution < -0.4 is 15.0 Å². The van der Waals surface area contributed by atoms with Gasteiger partial charge in [0.1, 0.15) is 11.4 Å². The number of carbonyl (C=O) groups is 3. The van der Waals surface area contributed by atoms with E-state index in [9.17, 15) is 24.5 Å². The van der Waals surface area contributed by atoms with Gasteiger partial charge in [-0.25, -0.2) is 0 Å². The molecule has 0 unspecified atom stereocenters. The molecule has 162 valence electrons. The number of carbonyl (C=O) groups excluding carboxylic acids is 3. The van der Waals surface area contributed by atoms with E-state index in [1.165, 1.54) is 30.2 Å². The summed E-state index contributed by atoms with van der Waals surface area (Å²) in [7, 11) is 1.39. The van der Waals surface area contributed by atoms with Crippen LogP contribution in [0.5, 0.6) is 5.75 Å². The number of nitrogens with one attached hydrogen (secondary N) is 1. The molecular weight excluding hydrogens is 406 g/mol. The van der Waals surface area contributed by atoms with Crippen LogP contribution >= 0.6 is 0 Å².